The molecule has 1 unspecified atom stereocenters. The first kappa shape index (κ1) is 15.4. The Morgan fingerprint density at radius 3 is 2.65 bits per heavy atom. The summed E-state index contributed by atoms with van der Waals surface area (Å²) >= 11 is 9.26. The third kappa shape index (κ3) is 3.79. The average molecular weight is 358 g/mol. The summed E-state index contributed by atoms with van der Waals surface area (Å²) in [6.45, 7) is 1.98. The molecule has 0 heterocycles. The molecule has 3 N–H and O–H groups in total. The van der Waals surface area contributed by atoms with Crippen LogP contribution in [0.3, 0.4) is 0 Å². The Morgan fingerprint density at radius 1 is 1.30 bits per heavy atom. The van der Waals surface area contributed by atoms with Crippen molar-refractivity contribution in [2.45, 2.75) is 19.4 Å². The van der Waals surface area contributed by atoms with Gasteiger partial charge in [0.15, 0.2) is 0 Å². The van der Waals surface area contributed by atoms with Gasteiger partial charge in [0.05, 0.1) is 6.04 Å². The van der Waals surface area contributed by atoms with Gasteiger partial charge in [0, 0.05) is 9.50 Å². The summed E-state index contributed by atoms with van der Waals surface area (Å²) in [5.74, 6) is 5.38. The molecule has 0 fully saturated rings. The largest absolute Gasteiger partial charge is 0.271 e. The molecule has 0 saturated heterocycles. The van der Waals surface area contributed by atoms with Crippen molar-refractivity contribution in [3.8, 4) is 0 Å². The van der Waals surface area contributed by atoms with Crippen LogP contribution in [0, 0.1) is 12.7 Å². The SMILES string of the molecule is Cc1cc(Cl)ccc1C(Cc1cc(F)cc(Br)c1)NN. The van der Waals surface area contributed by atoms with E-state index in [1.165, 1.54) is 12.1 Å². The molecule has 0 aliphatic carbocycles. The van der Waals surface area contributed by atoms with Crippen molar-refractivity contribution < 1.29 is 4.39 Å². The topological polar surface area (TPSA) is 38.0 Å². The highest BCUT2D eigenvalue weighted by molar-refractivity contribution is 9.10. The van der Waals surface area contributed by atoms with Gasteiger partial charge in [0.25, 0.3) is 0 Å². The van der Waals surface area contributed by atoms with Gasteiger partial charge in [-0.25, -0.2) is 4.39 Å². The molecule has 0 saturated carbocycles. The second kappa shape index (κ2) is 6.68. The fraction of sp³-hybridized carbons (Fsp3) is 0.200. The zero-order valence-electron chi connectivity index (χ0n) is 11.0. The van der Waals surface area contributed by atoms with Crippen molar-refractivity contribution >= 4 is 27.5 Å². The summed E-state index contributed by atoms with van der Waals surface area (Å²) in [7, 11) is 0. The highest BCUT2D eigenvalue weighted by Crippen LogP contribution is 2.25. The molecule has 1 atom stereocenters. The Bertz CT molecular complexity index is 599. The molecule has 106 valence electrons. The lowest BCUT2D eigenvalue weighted by Gasteiger charge is -2.19. The molecule has 0 spiro atoms. The lowest BCUT2D eigenvalue weighted by molar-refractivity contribution is 0.546. The number of hydrogen-bond acceptors (Lipinski definition) is 2. The average Bonchev–Trinajstić information content (AvgIpc) is 2.35. The summed E-state index contributed by atoms with van der Waals surface area (Å²) in [6.07, 6.45) is 0.593. The zero-order valence-corrected chi connectivity index (χ0v) is 13.3. The maximum atomic E-state index is 13.4. The van der Waals surface area contributed by atoms with Crippen LogP contribution in [0.25, 0.3) is 0 Å². The first-order chi connectivity index (χ1) is 9.49. The summed E-state index contributed by atoms with van der Waals surface area (Å²) in [5.41, 5.74) is 5.76. The molecule has 0 radical (unpaired) electrons. The van der Waals surface area contributed by atoms with E-state index in [1.807, 2.05) is 31.2 Å². The molecule has 20 heavy (non-hydrogen) atoms. The van der Waals surface area contributed by atoms with Crippen LogP contribution >= 0.6 is 27.5 Å². The van der Waals surface area contributed by atoms with Crippen LogP contribution in [0.4, 0.5) is 4.39 Å². The van der Waals surface area contributed by atoms with Gasteiger partial charge in [0.1, 0.15) is 5.82 Å². The third-order valence-corrected chi connectivity index (χ3v) is 3.86. The van der Waals surface area contributed by atoms with Crippen molar-refractivity contribution in [3.63, 3.8) is 0 Å². The highest BCUT2D eigenvalue weighted by atomic mass is 79.9. The zero-order chi connectivity index (χ0) is 14.7. The van der Waals surface area contributed by atoms with Crippen LogP contribution in [0.5, 0.6) is 0 Å². The Labute approximate surface area is 131 Å². The molecule has 0 aliphatic heterocycles. The molecule has 0 bridgehead atoms. The molecule has 0 aliphatic rings. The highest BCUT2D eigenvalue weighted by Gasteiger charge is 2.14. The van der Waals surface area contributed by atoms with E-state index in [0.29, 0.717) is 11.4 Å². The van der Waals surface area contributed by atoms with Gasteiger partial charge in [-0.15, -0.1) is 0 Å². The first-order valence-electron chi connectivity index (χ1n) is 6.16. The number of nitrogens with one attached hydrogen (secondary N) is 1. The van der Waals surface area contributed by atoms with Gasteiger partial charge >= 0.3 is 0 Å². The lowest BCUT2D eigenvalue weighted by Crippen LogP contribution is -2.30. The summed E-state index contributed by atoms with van der Waals surface area (Å²) in [4.78, 5) is 0. The number of hydrazine groups is 1. The smallest absolute Gasteiger partial charge is 0.124 e. The maximum absolute atomic E-state index is 13.4. The summed E-state index contributed by atoms with van der Waals surface area (Å²) < 4.78 is 14.1. The lowest BCUT2D eigenvalue weighted by atomic mass is 9.96. The van der Waals surface area contributed by atoms with Gasteiger partial charge in [-0.1, -0.05) is 33.6 Å². The molecule has 2 rings (SSSR count). The molecule has 2 nitrogen and oxygen atoms in total. The molecule has 2 aromatic rings. The van der Waals surface area contributed by atoms with Gasteiger partial charge in [-0.3, -0.25) is 11.3 Å². The minimum atomic E-state index is -0.266. The van der Waals surface area contributed by atoms with Crippen LogP contribution in [0.2, 0.25) is 5.02 Å². The van der Waals surface area contributed by atoms with Gasteiger partial charge < -0.3 is 0 Å². The molecule has 0 amide bonds. The number of hydrogen-bond donors (Lipinski definition) is 2. The molecular weight excluding hydrogens is 343 g/mol. The molecule has 0 aromatic heterocycles. The van der Waals surface area contributed by atoms with E-state index in [0.717, 1.165) is 21.2 Å². The number of rotatable bonds is 4. The predicted octanol–water partition coefficient (Wildman–Crippen LogP) is 4.30. The Balaban J connectivity index is 2.28. The number of aryl methyl sites for hydroxylation is 1. The maximum Gasteiger partial charge on any atom is 0.124 e. The van der Waals surface area contributed by atoms with E-state index in [2.05, 4.69) is 21.4 Å². The Hall–Kier alpha value is -0.940. The van der Waals surface area contributed by atoms with Crippen molar-refractivity contribution in [2.75, 3.05) is 0 Å². The van der Waals surface area contributed by atoms with Crippen LogP contribution < -0.4 is 11.3 Å². The Kier molecular flexibility index (Phi) is 5.16. The second-order valence-corrected chi connectivity index (χ2v) is 6.05. The molecule has 2 aromatic carbocycles. The summed E-state index contributed by atoms with van der Waals surface area (Å²) in [6, 6.07) is 10.4. The molecular formula is C15H15BrClFN2. The van der Waals surface area contributed by atoms with Gasteiger partial charge in [-0.05, 0) is 60.4 Å². The van der Waals surface area contributed by atoms with Crippen LogP contribution in [-0.4, -0.2) is 0 Å². The fourth-order valence-corrected chi connectivity index (χ4v) is 2.99. The van der Waals surface area contributed by atoms with Crippen molar-refractivity contribution in [1.82, 2.24) is 5.43 Å². The van der Waals surface area contributed by atoms with Crippen molar-refractivity contribution in [3.05, 3.63) is 68.4 Å². The van der Waals surface area contributed by atoms with Crippen LogP contribution in [0.1, 0.15) is 22.7 Å². The van der Waals surface area contributed by atoms with Crippen LogP contribution in [-0.2, 0) is 6.42 Å². The third-order valence-electron chi connectivity index (χ3n) is 3.17. The minimum absolute atomic E-state index is 0.0963. The number of benzene rings is 2. The van der Waals surface area contributed by atoms with E-state index in [4.69, 9.17) is 17.4 Å². The second-order valence-electron chi connectivity index (χ2n) is 4.70. The summed E-state index contributed by atoms with van der Waals surface area (Å²) in [5, 5.41) is 0.690. The fourth-order valence-electron chi connectivity index (χ4n) is 2.25. The first-order valence-corrected chi connectivity index (χ1v) is 7.34. The van der Waals surface area contributed by atoms with E-state index in [1.54, 1.807) is 0 Å². The number of halogens is 3. The normalized spacial score (nSPS) is 12.4. The standard InChI is InChI=1S/C15H15BrClFN2/c1-9-4-12(17)2-3-14(9)15(20-19)7-10-5-11(16)8-13(18)6-10/h2-6,8,15,20H,7,19H2,1H3. The van der Waals surface area contributed by atoms with Gasteiger partial charge in [0.2, 0.25) is 0 Å². The monoisotopic (exact) mass is 356 g/mol. The molecule has 5 heteroatoms. The predicted molar refractivity (Wildman–Crippen MR) is 84.1 cm³/mol. The van der Waals surface area contributed by atoms with E-state index in [-0.39, 0.29) is 11.9 Å². The van der Waals surface area contributed by atoms with E-state index >= 15 is 0 Å². The quantitative estimate of drug-likeness (QED) is 0.632. The van der Waals surface area contributed by atoms with Crippen molar-refractivity contribution in [1.29, 1.82) is 0 Å². The minimum Gasteiger partial charge on any atom is -0.271 e. The van der Waals surface area contributed by atoms with E-state index in [9.17, 15) is 4.39 Å². The Morgan fingerprint density at radius 2 is 2.05 bits per heavy atom. The van der Waals surface area contributed by atoms with E-state index < -0.39 is 0 Å². The van der Waals surface area contributed by atoms with Crippen molar-refractivity contribution in [2.24, 2.45) is 5.84 Å². The van der Waals surface area contributed by atoms with Gasteiger partial charge in [-0.2, -0.15) is 0 Å². The number of nitrogens with two attached hydrogens (primary N) is 1. The van der Waals surface area contributed by atoms with Crippen LogP contribution in [0.15, 0.2) is 40.9 Å².